The SMILES string of the molecule is Cc1nnnn1CCC(=O)NC(C)c1nc(-c2ccncc2)no1. The number of hydrogen-bond acceptors (Lipinski definition) is 8. The molecule has 24 heavy (non-hydrogen) atoms. The van der Waals surface area contributed by atoms with E-state index in [1.807, 2.05) is 0 Å². The van der Waals surface area contributed by atoms with Gasteiger partial charge in [0.15, 0.2) is 0 Å². The van der Waals surface area contributed by atoms with Gasteiger partial charge in [-0.2, -0.15) is 4.98 Å². The summed E-state index contributed by atoms with van der Waals surface area (Å²) < 4.78 is 6.79. The molecule has 3 rings (SSSR count). The van der Waals surface area contributed by atoms with Gasteiger partial charge in [0.1, 0.15) is 11.9 Å². The molecule has 3 heterocycles. The summed E-state index contributed by atoms with van der Waals surface area (Å²) in [6, 6.07) is 3.18. The Bertz CT molecular complexity index is 813. The first-order valence-corrected chi connectivity index (χ1v) is 7.39. The van der Waals surface area contributed by atoms with Gasteiger partial charge in [0.25, 0.3) is 0 Å². The Kier molecular flexibility index (Phi) is 4.54. The molecule has 0 fully saturated rings. The van der Waals surface area contributed by atoms with Gasteiger partial charge in [-0.05, 0) is 36.4 Å². The summed E-state index contributed by atoms with van der Waals surface area (Å²) in [5, 5.41) is 17.8. The minimum absolute atomic E-state index is 0.152. The predicted molar refractivity (Wildman–Crippen MR) is 81.3 cm³/mol. The first-order valence-electron chi connectivity index (χ1n) is 7.39. The Balaban J connectivity index is 1.57. The second kappa shape index (κ2) is 6.94. The van der Waals surface area contributed by atoms with Crippen molar-refractivity contribution in [2.75, 3.05) is 0 Å². The van der Waals surface area contributed by atoms with Crippen molar-refractivity contribution in [3.05, 3.63) is 36.2 Å². The lowest BCUT2D eigenvalue weighted by Gasteiger charge is -2.09. The lowest BCUT2D eigenvalue weighted by molar-refractivity contribution is -0.122. The smallest absolute Gasteiger partial charge is 0.249 e. The zero-order chi connectivity index (χ0) is 16.9. The third kappa shape index (κ3) is 3.59. The van der Waals surface area contributed by atoms with Crippen LogP contribution in [0.4, 0.5) is 0 Å². The van der Waals surface area contributed by atoms with Crippen LogP contribution in [0.5, 0.6) is 0 Å². The van der Waals surface area contributed by atoms with Crippen molar-refractivity contribution in [2.45, 2.75) is 32.9 Å². The van der Waals surface area contributed by atoms with E-state index in [4.69, 9.17) is 4.52 Å². The highest BCUT2D eigenvalue weighted by Gasteiger charge is 2.17. The quantitative estimate of drug-likeness (QED) is 0.701. The number of tetrazole rings is 1. The van der Waals surface area contributed by atoms with Gasteiger partial charge in [0, 0.05) is 24.4 Å². The van der Waals surface area contributed by atoms with Crippen LogP contribution in [0.1, 0.15) is 31.1 Å². The summed E-state index contributed by atoms with van der Waals surface area (Å²) in [6.07, 6.45) is 3.55. The van der Waals surface area contributed by atoms with Gasteiger partial charge >= 0.3 is 0 Å². The number of amides is 1. The lowest BCUT2D eigenvalue weighted by atomic mass is 10.2. The fourth-order valence-electron chi connectivity index (χ4n) is 2.07. The first-order chi connectivity index (χ1) is 11.6. The van der Waals surface area contributed by atoms with Crippen molar-refractivity contribution in [3.63, 3.8) is 0 Å². The largest absolute Gasteiger partial charge is 0.345 e. The highest BCUT2D eigenvalue weighted by molar-refractivity contribution is 5.76. The van der Waals surface area contributed by atoms with E-state index < -0.39 is 6.04 Å². The number of hydrogen-bond donors (Lipinski definition) is 1. The molecule has 0 radical (unpaired) electrons. The number of carbonyl (C=O) groups is 1. The van der Waals surface area contributed by atoms with E-state index in [0.717, 1.165) is 5.56 Å². The molecule has 0 saturated heterocycles. The molecule has 0 aliphatic rings. The standard InChI is InChI=1S/C14H16N8O2/c1-9(16-12(23)5-8-22-10(2)18-20-21-22)14-17-13(19-24-14)11-3-6-15-7-4-11/h3-4,6-7,9H,5,8H2,1-2H3,(H,16,23). The van der Waals surface area contributed by atoms with Crippen LogP contribution in [-0.2, 0) is 11.3 Å². The van der Waals surface area contributed by atoms with Crippen LogP contribution in [0.15, 0.2) is 29.0 Å². The molecule has 1 unspecified atom stereocenters. The Morgan fingerprint density at radius 2 is 2.17 bits per heavy atom. The van der Waals surface area contributed by atoms with E-state index in [1.54, 1.807) is 43.1 Å². The summed E-state index contributed by atoms with van der Waals surface area (Å²) in [5.74, 6) is 1.31. The van der Waals surface area contributed by atoms with Gasteiger partial charge in [0.2, 0.25) is 17.6 Å². The fourth-order valence-corrected chi connectivity index (χ4v) is 2.07. The molecular weight excluding hydrogens is 312 g/mol. The van der Waals surface area contributed by atoms with Crippen LogP contribution in [-0.4, -0.2) is 41.2 Å². The van der Waals surface area contributed by atoms with Gasteiger partial charge < -0.3 is 9.84 Å². The number of pyridine rings is 1. The van der Waals surface area contributed by atoms with Crippen LogP contribution < -0.4 is 5.32 Å². The molecule has 0 aliphatic heterocycles. The minimum atomic E-state index is -0.393. The zero-order valence-corrected chi connectivity index (χ0v) is 13.2. The number of nitrogens with one attached hydrogen (secondary N) is 1. The van der Waals surface area contributed by atoms with Gasteiger partial charge in [-0.15, -0.1) is 5.10 Å². The number of aryl methyl sites for hydroxylation is 2. The number of aromatic nitrogens is 7. The molecule has 0 aromatic carbocycles. The fraction of sp³-hybridized carbons (Fsp3) is 0.357. The second-order valence-electron chi connectivity index (χ2n) is 5.18. The third-order valence-corrected chi connectivity index (χ3v) is 3.39. The Hall–Kier alpha value is -3.17. The molecule has 0 aliphatic carbocycles. The van der Waals surface area contributed by atoms with Gasteiger partial charge in [0.05, 0.1) is 6.54 Å². The monoisotopic (exact) mass is 328 g/mol. The van der Waals surface area contributed by atoms with Gasteiger partial charge in [-0.3, -0.25) is 9.78 Å². The van der Waals surface area contributed by atoms with Crippen LogP contribution in [0.2, 0.25) is 0 Å². The van der Waals surface area contributed by atoms with E-state index in [-0.39, 0.29) is 12.3 Å². The number of rotatable bonds is 6. The molecule has 1 N–H and O–H groups in total. The molecule has 3 aromatic rings. The van der Waals surface area contributed by atoms with E-state index in [0.29, 0.717) is 24.1 Å². The lowest BCUT2D eigenvalue weighted by Crippen LogP contribution is -2.28. The topological polar surface area (TPSA) is 125 Å². The maximum absolute atomic E-state index is 12.0. The van der Waals surface area contributed by atoms with E-state index in [1.165, 1.54) is 0 Å². The molecule has 3 aromatic heterocycles. The van der Waals surface area contributed by atoms with E-state index in [9.17, 15) is 4.79 Å². The van der Waals surface area contributed by atoms with Crippen molar-refractivity contribution in [3.8, 4) is 11.4 Å². The Morgan fingerprint density at radius 1 is 1.38 bits per heavy atom. The molecule has 0 bridgehead atoms. The zero-order valence-electron chi connectivity index (χ0n) is 13.2. The molecular formula is C14H16N8O2. The predicted octanol–water partition coefficient (Wildman–Crippen LogP) is 0.694. The van der Waals surface area contributed by atoms with Gasteiger partial charge in [-0.25, -0.2) is 4.68 Å². The molecule has 0 spiro atoms. The van der Waals surface area contributed by atoms with Crippen molar-refractivity contribution in [1.29, 1.82) is 0 Å². The van der Waals surface area contributed by atoms with Crippen molar-refractivity contribution < 1.29 is 9.32 Å². The highest BCUT2D eigenvalue weighted by atomic mass is 16.5. The average molecular weight is 328 g/mol. The number of carbonyl (C=O) groups excluding carboxylic acids is 1. The van der Waals surface area contributed by atoms with E-state index >= 15 is 0 Å². The molecule has 124 valence electrons. The highest BCUT2D eigenvalue weighted by Crippen LogP contribution is 2.17. The third-order valence-electron chi connectivity index (χ3n) is 3.39. The van der Waals surface area contributed by atoms with Crippen molar-refractivity contribution >= 4 is 5.91 Å². The van der Waals surface area contributed by atoms with Crippen LogP contribution >= 0.6 is 0 Å². The summed E-state index contributed by atoms with van der Waals surface area (Å²) in [6.45, 7) is 3.97. The second-order valence-corrected chi connectivity index (χ2v) is 5.18. The summed E-state index contributed by atoms with van der Waals surface area (Å²) in [4.78, 5) is 20.3. The molecule has 1 atom stereocenters. The van der Waals surface area contributed by atoms with Gasteiger partial charge in [-0.1, -0.05) is 5.16 Å². The molecule has 10 heteroatoms. The summed E-state index contributed by atoms with van der Waals surface area (Å²) in [7, 11) is 0. The average Bonchev–Trinajstić information content (AvgIpc) is 3.23. The van der Waals surface area contributed by atoms with E-state index in [2.05, 4.69) is 36.0 Å². The maximum atomic E-state index is 12.0. The number of nitrogens with zero attached hydrogens (tertiary/aromatic N) is 7. The normalized spacial score (nSPS) is 12.1. The molecule has 1 amide bonds. The summed E-state index contributed by atoms with van der Waals surface area (Å²) >= 11 is 0. The van der Waals surface area contributed by atoms with Crippen molar-refractivity contribution in [2.24, 2.45) is 0 Å². The van der Waals surface area contributed by atoms with Crippen LogP contribution in [0.25, 0.3) is 11.4 Å². The maximum Gasteiger partial charge on any atom is 0.249 e. The van der Waals surface area contributed by atoms with Crippen molar-refractivity contribution in [1.82, 2.24) is 40.6 Å². The minimum Gasteiger partial charge on any atom is -0.345 e. The molecule has 10 nitrogen and oxygen atoms in total. The Labute approximate surface area is 137 Å². The first kappa shape index (κ1) is 15.7. The summed E-state index contributed by atoms with van der Waals surface area (Å²) in [5.41, 5.74) is 0.799. The Morgan fingerprint density at radius 3 is 2.88 bits per heavy atom. The van der Waals surface area contributed by atoms with Crippen LogP contribution in [0.3, 0.4) is 0 Å². The molecule has 0 saturated carbocycles. The van der Waals surface area contributed by atoms with Crippen LogP contribution in [0, 0.1) is 6.92 Å².